The number of ether oxygens (including phenoxy) is 2. The van der Waals surface area contributed by atoms with Crippen LogP contribution in [0.15, 0.2) is 55.4 Å². The number of aryl methyl sites for hydroxylation is 1. The van der Waals surface area contributed by atoms with E-state index in [2.05, 4.69) is 24.5 Å². The van der Waals surface area contributed by atoms with Gasteiger partial charge in [-0.25, -0.2) is 19.0 Å². The molecule has 0 unspecified atom stereocenters. The van der Waals surface area contributed by atoms with Crippen molar-refractivity contribution in [3.8, 4) is 0 Å². The molecule has 0 radical (unpaired) electrons. The summed E-state index contributed by atoms with van der Waals surface area (Å²) in [7, 11) is 3.15. The number of nitrogens with one attached hydrogen (secondary N) is 1. The Kier molecular flexibility index (Phi) is 8.21. The van der Waals surface area contributed by atoms with Gasteiger partial charge in [-0.3, -0.25) is 19.4 Å². The summed E-state index contributed by atoms with van der Waals surface area (Å²) in [5.74, 6) is -0.598. The third kappa shape index (κ3) is 5.96. The number of rotatable bonds is 8. The molecule has 4 heterocycles. The highest BCUT2D eigenvalue weighted by atomic mass is 35.5. The Labute approximate surface area is 231 Å². The maximum absolute atomic E-state index is 13.9. The fraction of sp³-hybridized carbons (Fsp3) is 0.400. The molecule has 1 saturated heterocycles. The fourth-order valence-corrected chi connectivity index (χ4v) is 5.67. The number of aromatic nitrogens is 3. The monoisotopic (exact) mass is 576 g/mol. The number of hydrogen-bond acceptors (Lipinski definition) is 11. The van der Waals surface area contributed by atoms with Gasteiger partial charge in [-0.05, 0) is 18.6 Å². The minimum Gasteiger partial charge on any atom is -0.466 e. The van der Waals surface area contributed by atoms with Crippen molar-refractivity contribution in [3.63, 3.8) is 0 Å². The van der Waals surface area contributed by atoms with Crippen molar-refractivity contribution in [2.45, 2.75) is 25.0 Å². The number of amidine groups is 1. The number of morpholine rings is 1. The third-order valence-corrected chi connectivity index (χ3v) is 7.73. The summed E-state index contributed by atoms with van der Waals surface area (Å²) in [5.41, 5.74) is 1.48. The minimum atomic E-state index is -0.823. The lowest BCUT2D eigenvalue weighted by Crippen LogP contribution is -2.47. The summed E-state index contributed by atoms with van der Waals surface area (Å²) < 4.78 is 29.6. The predicted molar refractivity (Wildman–Crippen MR) is 141 cm³/mol. The van der Waals surface area contributed by atoms with Crippen LogP contribution >= 0.6 is 22.9 Å². The molecule has 2 aliphatic rings. The van der Waals surface area contributed by atoms with E-state index in [0.717, 1.165) is 0 Å². The van der Waals surface area contributed by atoms with E-state index >= 15 is 0 Å². The number of carbonyl (C=O) groups is 1. The van der Waals surface area contributed by atoms with Crippen LogP contribution in [0, 0.1) is 5.82 Å². The number of nitrogens with zero attached hydrogens (tertiary/aromatic N) is 5. The van der Waals surface area contributed by atoms with E-state index in [0.29, 0.717) is 72.6 Å². The topological polar surface area (TPSA) is 126 Å². The number of hydrogen-bond donors (Lipinski definition) is 1. The van der Waals surface area contributed by atoms with Gasteiger partial charge in [-0.15, -0.1) is 11.3 Å². The van der Waals surface area contributed by atoms with Gasteiger partial charge in [0, 0.05) is 61.0 Å². The minimum absolute atomic E-state index is 0.121. The van der Waals surface area contributed by atoms with Crippen LogP contribution in [-0.2, 0) is 20.7 Å². The van der Waals surface area contributed by atoms with E-state index in [1.165, 1.54) is 36.6 Å². The molecule has 0 aliphatic carbocycles. The lowest BCUT2D eigenvalue weighted by molar-refractivity contribution is -0.136. The summed E-state index contributed by atoms with van der Waals surface area (Å²) in [6.07, 6.45) is 2.68. The summed E-state index contributed by atoms with van der Waals surface area (Å²) >= 11 is 7.88. The molecule has 1 fully saturated rings. The Balaban J connectivity index is 1.47. The van der Waals surface area contributed by atoms with Gasteiger partial charge >= 0.3 is 11.7 Å². The zero-order valence-electron chi connectivity index (χ0n) is 21.2. The van der Waals surface area contributed by atoms with E-state index in [-0.39, 0.29) is 11.1 Å². The molecule has 0 saturated carbocycles. The van der Waals surface area contributed by atoms with Gasteiger partial charge in [-0.1, -0.05) is 22.8 Å². The van der Waals surface area contributed by atoms with Crippen LogP contribution in [0.4, 0.5) is 4.39 Å². The van der Waals surface area contributed by atoms with Gasteiger partial charge in [0.05, 0.1) is 25.4 Å². The summed E-state index contributed by atoms with van der Waals surface area (Å²) in [4.78, 5) is 40.4. The molecule has 3 aromatic rings. The number of aliphatic imine (C=N–C) groups is 1. The molecule has 0 bridgehead atoms. The zero-order valence-corrected chi connectivity index (χ0v) is 22.8. The van der Waals surface area contributed by atoms with E-state index in [4.69, 9.17) is 26.1 Å². The maximum Gasteiger partial charge on any atom is 0.438 e. The van der Waals surface area contributed by atoms with E-state index in [1.54, 1.807) is 6.20 Å². The fourth-order valence-electron chi connectivity index (χ4n) is 4.73. The van der Waals surface area contributed by atoms with Crippen LogP contribution in [0.2, 0.25) is 5.02 Å². The molecule has 1 N–H and O–H groups in total. The predicted octanol–water partition coefficient (Wildman–Crippen LogP) is 2.81. The molecular weight excluding hydrogens is 551 g/mol. The summed E-state index contributed by atoms with van der Waals surface area (Å²) in [6, 6.07) is 3.21. The van der Waals surface area contributed by atoms with Crippen LogP contribution in [-0.4, -0.2) is 83.2 Å². The SMILES string of the molecule is COC(=O)C1=C(CN2CCO[C@H](CCc3noc(=O)[nH]3)C2)N(C)C(c2nccs2)=N[C@H]1c1ccc(F)cc1Cl. The molecule has 5 rings (SSSR count). The second-order valence-electron chi connectivity index (χ2n) is 9.08. The molecule has 206 valence electrons. The first-order valence-corrected chi connectivity index (χ1v) is 13.5. The first kappa shape index (κ1) is 27.2. The average Bonchev–Trinajstić information content (AvgIpc) is 3.60. The van der Waals surface area contributed by atoms with Crippen LogP contribution < -0.4 is 5.76 Å². The third-order valence-electron chi connectivity index (χ3n) is 6.63. The first-order valence-electron chi connectivity index (χ1n) is 12.2. The quantitative estimate of drug-likeness (QED) is 0.403. The lowest BCUT2D eigenvalue weighted by Gasteiger charge is -2.38. The Hall–Kier alpha value is -3.39. The number of likely N-dealkylation sites (N-methyl/N-ethyl adjacent to an activating group) is 1. The van der Waals surface area contributed by atoms with Crippen molar-refractivity contribution < 1.29 is 23.2 Å². The number of benzene rings is 1. The van der Waals surface area contributed by atoms with Crippen molar-refractivity contribution in [3.05, 3.63) is 78.8 Å². The maximum atomic E-state index is 13.9. The number of H-pyrrole nitrogens is 1. The lowest BCUT2D eigenvalue weighted by atomic mass is 9.94. The van der Waals surface area contributed by atoms with Crippen molar-refractivity contribution in [1.29, 1.82) is 0 Å². The second-order valence-corrected chi connectivity index (χ2v) is 10.4. The Morgan fingerprint density at radius 2 is 2.23 bits per heavy atom. The molecular formula is C25H26ClFN6O5S. The highest BCUT2D eigenvalue weighted by Crippen LogP contribution is 2.39. The average molecular weight is 577 g/mol. The van der Waals surface area contributed by atoms with Crippen molar-refractivity contribution in [2.24, 2.45) is 4.99 Å². The van der Waals surface area contributed by atoms with E-state index in [9.17, 15) is 14.0 Å². The van der Waals surface area contributed by atoms with Gasteiger partial charge in [0.15, 0.2) is 16.7 Å². The van der Waals surface area contributed by atoms with Crippen molar-refractivity contribution in [2.75, 3.05) is 40.4 Å². The molecule has 2 atom stereocenters. The first-order chi connectivity index (χ1) is 18.8. The van der Waals surface area contributed by atoms with Gasteiger partial charge in [0.2, 0.25) is 0 Å². The van der Waals surface area contributed by atoms with E-state index in [1.807, 2.05) is 17.3 Å². The van der Waals surface area contributed by atoms with Gasteiger partial charge < -0.3 is 14.4 Å². The van der Waals surface area contributed by atoms with Crippen LogP contribution in [0.1, 0.15) is 28.9 Å². The number of aromatic amines is 1. The smallest absolute Gasteiger partial charge is 0.438 e. The van der Waals surface area contributed by atoms with Crippen LogP contribution in [0.25, 0.3) is 0 Å². The molecule has 1 aromatic carbocycles. The van der Waals surface area contributed by atoms with E-state index < -0.39 is 23.6 Å². The number of methoxy groups -OCH3 is 1. The molecule has 39 heavy (non-hydrogen) atoms. The standard InChI is InChI=1S/C25H26ClFN6O5S/c1-32-18(13-33-8-9-37-15(12-33)4-6-19-29-25(35)38-31-19)20(24(34)36-2)21(16-5-3-14(27)11-17(16)26)30-22(32)23-28-7-10-39-23/h3,5,7,10-11,15,21H,4,6,8-9,12-13H2,1-2H3,(H,29,31,35)/t15-,21+/m1/s1. The number of halogens is 2. The van der Waals surface area contributed by atoms with Crippen LogP contribution in [0.3, 0.4) is 0 Å². The summed E-state index contributed by atoms with van der Waals surface area (Å²) in [5, 5.41) is 6.39. The van der Waals surface area contributed by atoms with Gasteiger partial charge in [0.25, 0.3) is 0 Å². The number of esters is 1. The molecule has 2 aromatic heterocycles. The van der Waals surface area contributed by atoms with Crippen molar-refractivity contribution in [1.82, 2.24) is 24.9 Å². The van der Waals surface area contributed by atoms with Gasteiger partial charge in [-0.2, -0.15) is 0 Å². The highest BCUT2D eigenvalue weighted by molar-refractivity contribution is 7.11. The number of thiazole rings is 1. The van der Waals surface area contributed by atoms with Crippen LogP contribution in [0.5, 0.6) is 0 Å². The zero-order chi connectivity index (χ0) is 27.5. The Morgan fingerprint density at radius 3 is 2.92 bits per heavy atom. The molecule has 2 aliphatic heterocycles. The second kappa shape index (κ2) is 11.8. The van der Waals surface area contributed by atoms with Crippen molar-refractivity contribution >= 4 is 34.7 Å². The Bertz CT molecular complexity index is 1450. The van der Waals surface area contributed by atoms with Gasteiger partial charge in [0.1, 0.15) is 11.9 Å². The molecule has 11 nitrogen and oxygen atoms in total. The Morgan fingerprint density at radius 1 is 1.38 bits per heavy atom. The molecule has 14 heteroatoms. The summed E-state index contributed by atoms with van der Waals surface area (Å²) in [6.45, 7) is 2.10. The highest BCUT2D eigenvalue weighted by Gasteiger charge is 2.37. The molecule has 0 spiro atoms. The molecule has 0 amide bonds. The normalized spacial score (nSPS) is 20.3. The largest absolute Gasteiger partial charge is 0.466 e. The number of carbonyl (C=O) groups excluding carboxylic acids is 1.